The van der Waals surface area contributed by atoms with Crippen LogP contribution in [0.1, 0.15) is 46.0 Å². The minimum absolute atomic E-state index is 0.0561. The number of aryl methyl sites for hydroxylation is 2. The van der Waals surface area contributed by atoms with E-state index in [1.165, 1.54) is 0 Å². The number of nitrogens with one attached hydrogen (secondary N) is 1. The highest BCUT2D eigenvalue weighted by molar-refractivity contribution is 6.30. The summed E-state index contributed by atoms with van der Waals surface area (Å²) in [7, 11) is 0. The van der Waals surface area contributed by atoms with Crippen LogP contribution in [-0.4, -0.2) is 17.7 Å². The van der Waals surface area contributed by atoms with Crippen molar-refractivity contribution in [2.24, 2.45) is 0 Å². The Labute approximate surface area is 192 Å². The summed E-state index contributed by atoms with van der Waals surface area (Å²) in [6.45, 7) is 3.81. The fraction of sp³-hybridized carbons (Fsp3) is 0.192. The summed E-state index contributed by atoms with van der Waals surface area (Å²) >= 11 is 5.95. The summed E-state index contributed by atoms with van der Waals surface area (Å²) in [6.07, 6.45) is -1.33. The Morgan fingerprint density at radius 1 is 0.844 bits per heavy atom. The van der Waals surface area contributed by atoms with Gasteiger partial charge in [-0.25, -0.2) is 0 Å². The number of hydrogen-bond donors (Lipinski definition) is 1. The average molecular weight is 450 g/mol. The Morgan fingerprint density at radius 2 is 1.47 bits per heavy atom. The van der Waals surface area contributed by atoms with Gasteiger partial charge in [-0.1, -0.05) is 72.3 Å². The number of ether oxygens (including phenoxy) is 1. The summed E-state index contributed by atoms with van der Waals surface area (Å²) in [6, 6.07) is 20.9. The molecule has 3 aromatic carbocycles. The molecule has 5 nitrogen and oxygen atoms in total. The number of halogens is 1. The van der Waals surface area contributed by atoms with Crippen LogP contribution in [0.15, 0.2) is 72.8 Å². The van der Waals surface area contributed by atoms with Crippen LogP contribution in [0.3, 0.4) is 0 Å². The summed E-state index contributed by atoms with van der Waals surface area (Å²) in [4.78, 5) is 37.9. The van der Waals surface area contributed by atoms with Crippen molar-refractivity contribution in [1.29, 1.82) is 0 Å². The summed E-state index contributed by atoms with van der Waals surface area (Å²) < 4.78 is 5.53. The Morgan fingerprint density at radius 3 is 2.09 bits per heavy atom. The number of rotatable bonds is 8. The molecule has 164 valence electrons. The van der Waals surface area contributed by atoms with Crippen molar-refractivity contribution in [3.8, 4) is 0 Å². The van der Waals surface area contributed by atoms with E-state index >= 15 is 0 Å². The second-order valence-corrected chi connectivity index (χ2v) is 7.90. The first-order chi connectivity index (χ1) is 15.3. The molecule has 0 saturated heterocycles. The molecule has 0 saturated carbocycles. The zero-order valence-corrected chi connectivity index (χ0v) is 18.7. The molecule has 0 spiro atoms. The van der Waals surface area contributed by atoms with Crippen molar-refractivity contribution in [3.63, 3.8) is 0 Å². The minimum atomic E-state index is -1.12. The molecule has 0 aliphatic heterocycles. The van der Waals surface area contributed by atoms with E-state index in [1.807, 2.05) is 32.0 Å². The first-order valence-corrected chi connectivity index (χ1v) is 10.6. The first kappa shape index (κ1) is 23.2. The predicted octanol–water partition coefficient (Wildman–Crippen LogP) is 5.84. The molecular weight excluding hydrogens is 426 g/mol. The highest BCUT2D eigenvalue weighted by Crippen LogP contribution is 2.25. The lowest BCUT2D eigenvalue weighted by Crippen LogP contribution is -2.21. The molecule has 3 aromatic rings. The lowest BCUT2D eigenvalue weighted by molar-refractivity contribution is -0.148. The number of amides is 1. The van der Waals surface area contributed by atoms with E-state index < -0.39 is 12.1 Å². The van der Waals surface area contributed by atoms with Crippen molar-refractivity contribution in [2.75, 3.05) is 5.32 Å². The van der Waals surface area contributed by atoms with E-state index in [9.17, 15) is 14.4 Å². The van der Waals surface area contributed by atoms with Crippen molar-refractivity contribution in [1.82, 2.24) is 0 Å². The molecule has 0 aliphatic carbocycles. The van der Waals surface area contributed by atoms with Crippen LogP contribution in [0, 0.1) is 13.8 Å². The van der Waals surface area contributed by atoms with Gasteiger partial charge in [0.1, 0.15) is 0 Å². The molecule has 3 rings (SSSR count). The van der Waals surface area contributed by atoms with Gasteiger partial charge in [0.25, 0.3) is 0 Å². The molecule has 0 heterocycles. The third-order valence-corrected chi connectivity index (χ3v) is 5.27. The highest BCUT2D eigenvalue weighted by atomic mass is 35.5. The number of para-hydroxylation sites is 1. The van der Waals surface area contributed by atoms with Crippen LogP contribution in [0.25, 0.3) is 0 Å². The predicted molar refractivity (Wildman–Crippen MR) is 125 cm³/mol. The zero-order chi connectivity index (χ0) is 23.1. The van der Waals surface area contributed by atoms with Gasteiger partial charge in [-0.15, -0.1) is 0 Å². The van der Waals surface area contributed by atoms with Crippen LogP contribution in [-0.2, 0) is 14.3 Å². The molecule has 1 amide bonds. The summed E-state index contributed by atoms with van der Waals surface area (Å²) in [5.41, 5.74) is 3.56. The van der Waals surface area contributed by atoms with Gasteiger partial charge >= 0.3 is 5.97 Å². The van der Waals surface area contributed by atoms with E-state index in [0.29, 0.717) is 16.1 Å². The summed E-state index contributed by atoms with van der Waals surface area (Å²) in [5.74, 6) is -1.27. The van der Waals surface area contributed by atoms with Crippen LogP contribution in [0.5, 0.6) is 0 Å². The van der Waals surface area contributed by atoms with E-state index in [1.54, 1.807) is 54.6 Å². The van der Waals surface area contributed by atoms with E-state index in [0.717, 1.165) is 16.8 Å². The summed E-state index contributed by atoms with van der Waals surface area (Å²) in [5, 5.41) is 3.35. The van der Waals surface area contributed by atoms with Gasteiger partial charge in [0.2, 0.25) is 11.7 Å². The van der Waals surface area contributed by atoms with Gasteiger partial charge < -0.3 is 10.1 Å². The maximum atomic E-state index is 13.0. The number of hydrogen-bond acceptors (Lipinski definition) is 4. The zero-order valence-electron chi connectivity index (χ0n) is 17.9. The number of esters is 1. The number of carbonyl (C=O) groups excluding carboxylic acids is 3. The Kier molecular flexibility index (Phi) is 7.79. The van der Waals surface area contributed by atoms with Gasteiger partial charge in [0.15, 0.2) is 6.10 Å². The van der Waals surface area contributed by atoms with Crippen molar-refractivity contribution in [3.05, 3.63) is 100 Å². The highest BCUT2D eigenvalue weighted by Gasteiger charge is 2.26. The van der Waals surface area contributed by atoms with Gasteiger partial charge in [-0.05, 0) is 37.1 Å². The molecule has 0 fully saturated rings. The van der Waals surface area contributed by atoms with E-state index in [-0.39, 0.29) is 24.5 Å². The topological polar surface area (TPSA) is 72.5 Å². The molecule has 6 heteroatoms. The fourth-order valence-electron chi connectivity index (χ4n) is 3.28. The van der Waals surface area contributed by atoms with Crippen LogP contribution in [0.2, 0.25) is 5.02 Å². The fourth-order valence-corrected chi connectivity index (χ4v) is 3.41. The van der Waals surface area contributed by atoms with Crippen molar-refractivity contribution < 1.29 is 19.1 Å². The number of benzene rings is 3. The molecule has 0 bridgehead atoms. The molecule has 1 atom stereocenters. The molecule has 0 aromatic heterocycles. The molecule has 0 aliphatic rings. The molecule has 32 heavy (non-hydrogen) atoms. The number of carbonyl (C=O) groups is 3. The van der Waals surface area contributed by atoms with Crippen LogP contribution < -0.4 is 5.32 Å². The lowest BCUT2D eigenvalue weighted by Gasteiger charge is -2.18. The third kappa shape index (κ3) is 6.05. The number of ketones is 1. The van der Waals surface area contributed by atoms with Crippen LogP contribution >= 0.6 is 11.6 Å². The monoisotopic (exact) mass is 449 g/mol. The molecule has 1 N–H and O–H groups in total. The molecule has 0 unspecified atom stereocenters. The van der Waals surface area contributed by atoms with Gasteiger partial charge in [-0.3, -0.25) is 14.4 Å². The van der Waals surface area contributed by atoms with E-state index in [2.05, 4.69) is 5.32 Å². The maximum Gasteiger partial charge on any atom is 0.307 e. The van der Waals surface area contributed by atoms with Crippen molar-refractivity contribution in [2.45, 2.75) is 32.8 Å². The number of anilines is 1. The maximum absolute atomic E-state index is 13.0. The second-order valence-electron chi connectivity index (χ2n) is 7.47. The second kappa shape index (κ2) is 10.7. The van der Waals surface area contributed by atoms with Gasteiger partial charge in [0.05, 0.1) is 6.42 Å². The minimum Gasteiger partial charge on any atom is -0.449 e. The Bertz CT molecular complexity index is 1090. The van der Waals surface area contributed by atoms with Crippen molar-refractivity contribution >= 4 is 34.9 Å². The van der Waals surface area contributed by atoms with Crippen LogP contribution in [0.4, 0.5) is 5.69 Å². The molecular formula is C26H24ClNO4. The van der Waals surface area contributed by atoms with E-state index in [4.69, 9.17) is 16.3 Å². The standard InChI is InChI=1S/C26H24ClNO4/c1-17-7-6-8-18(2)24(17)28-22(29)15-16-23(30)32-26(20-11-13-21(27)14-12-20)25(31)19-9-4-3-5-10-19/h3-14,26H,15-16H2,1-2H3,(H,28,29)/t26-/m1/s1. The third-order valence-electron chi connectivity index (χ3n) is 5.02. The molecule has 0 radical (unpaired) electrons. The average Bonchev–Trinajstić information content (AvgIpc) is 2.79. The normalized spacial score (nSPS) is 11.5. The smallest absolute Gasteiger partial charge is 0.307 e. The van der Waals surface area contributed by atoms with Gasteiger partial charge in [-0.2, -0.15) is 0 Å². The Balaban J connectivity index is 1.68. The SMILES string of the molecule is Cc1cccc(C)c1NC(=O)CCC(=O)O[C@@H](C(=O)c1ccccc1)c1ccc(Cl)cc1. The number of Topliss-reactive ketones (excluding diaryl/α,β-unsaturated/α-hetero) is 1. The first-order valence-electron chi connectivity index (χ1n) is 10.3. The quantitative estimate of drug-likeness (QED) is 0.346. The largest absolute Gasteiger partial charge is 0.449 e. The van der Waals surface area contributed by atoms with Gasteiger partial charge in [0, 0.05) is 28.3 Å². The Hall–Kier alpha value is -3.44. The lowest BCUT2D eigenvalue weighted by atomic mass is 10.00.